The minimum absolute atomic E-state index is 0.699. The van der Waals surface area contributed by atoms with Gasteiger partial charge in [-0.15, -0.1) is 0 Å². The molecule has 0 spiro atoms. The Morgan fingerprint density at radius 2 is 2.06 bits per heavy atom. The van der Waals surface area contributed by atoms with Crippen LogP contribution < -0.4 is 5.32 Å². The van der Waals surface area contributed by atoms with Gasteiger partial charge in [-0.1, -0.05) is 24.5 Å². The van der Waals surface area contributed by atoms with Crippen molar-refractivity contribution < 1.29 is 4.42 Å². The quantitative estimate of drug-likeness (QED) is 0.866. The Hall–Kier alpha value is -1.28. The Morgan fingerprint density at radius 3 is 2.88 bits per heavy atom. The van der Waals surface area contributed by atoms with Gasteiger partial charge >= 0.3 is 0 Å². The molecule has 0 radical (unpaired) electrons. The van der Waals surface area contributed by atoms with Crippen molar-refractivity contribution in [1.29, 1.82) is 0 Å². The second-order valence-electron chi connectivity index (χ2n) is 5.12. The normalized spacial score (nSPS) is 17.0. The van der Waals surface area contributed by atoms with Gasteiger partial charge in [0.25, 0.3) is 0 Å². The molecule has 2 aromatic rings. The lowest BCUT2D eigenvalue weighted by Gasteiger charge is -2.09. The van der Waals surface area contributed by atoms with Gasteiger partial charge in [-0.2, -0.15) is 0 Å². The van der Waals surface area contributed by atoms with Crippen LogP contribution in [0.3, 0.4) is 0 Å². The lowest BCUT2D eigenvalue weighted by molar-refractivity contribution is 0.462. The van der Waals surface area contributed by atoms with E-state index in [4.69, 9.17) is 4.42 Å². The van der Waals surface area contributed by atoms with E-state index in [0.29, 0.717) is 6.04 Å². The van der Waals surface area contributed by atoms with Crippen LogP contribution in [-0.4, -0.2) is 6.04 Å². The van der Waals surface area contributed by atoms with Crippen LogP contribution in [0, 0.1) is 6.92 Å². The van der Waals surface area contributed by atoms with Crippen LogP contribution >= 0.6 is 0 Å². The third-order valence-corrected chi connectivity index (χ3v) is 3.64. The summed E-state index contributed by atoms with van der Waals surface area (Å²) in [5.41, 5.74) is 2.28. The fourth-order valence-corrected chi connectivity index (χ4v) is 2.68. The van der Waals surface area contributed by atoms with Crippen LogP contribution in [0.1, 0.15) is 37.0 Å². The van der Waals surface area contributed by atoms with Crippen molar-refractivity contribution in [2.45, 2.75) is 45.2 Å². The summed E-state index contributed by atoms with van der Waals surface area (Å²) in [6.07, 6.45) is 5.38. The first kappa shape index (κ1) is 10.8. The molecule has 0 saturated heterocycles. The number of hydrogen-bond acceptors (Lipinski definition) is 2. The van der Waals surface area contributed by atoms with Gasteiger partial charge in [0.2, 0.25) is 0 Å². The molecule has 1 saturated carbocycles. The minimum atomic E-state index is 0.699. The first-order valence-corrected chi connectivity index (χ1v) is 6.54. The Labute approximate surface area is 102 Å². The standard InChI is InChI=1S/C15H19NO/c1-11-6-7-15-12(8-11)9-14(17-15)10-16-13-4-2-3-5-13/h6-9,13,16H,2-5,10H2,1H3. The zero-order valence-corrected chi connectivity index (χ0v) is 10.3. The maximum Gasteiger partial charge on any atom is 0.134 e. The van der Waals surface area contributed by atoms with E-state index >= 15 is 0 Å². The molecule has 2 heteroatoms. The van der Waals surface area contributed by atoms with Crippen LogP contribution in [0.15, 0.2) is 28.7 Å². The first-order valence-electron chi connectivity index (χ1n) is 6.54. The number of fused-ring (bicyclic) bond motifs is 1. The summed E-state index contributed by atoms with van der Waals surface area (Å²) >= 11 is 0. The third kappa shape index (κ3) is 2.37. The molecule has 2 nitrogen and oxygen atoms in total. The number of hydrogen-bond donors (Lipinski definition) is 1. The molecule has 0 bridgehead atoms. The number of rotatable bonds is 3. The molecule has 90 valence electrons. The van der Waals surface area contributed by atoms with Gasteiger partial charge in [0.15, 0.2) is 0 Å². The number of furan rings is 1. The van der Waals surface area contributed by atoms with Crippen LogP contribution in [0.4, 0.5) is 0 Å². The van der Waals surface area contributed by atoms with Crippen LogP contribution in [0.5, 0.6) is 0 Å². The molecular weight excluding hydrogens is 210 g/mol. The van der Waals surface area contributed by atoms with E-state index in [0.717, 1.165) is 17.9 Å². The molecular formula is C15H19NO. The third-order valence-electron chi connectivity index (χ3n) is 3.64. The number of aryl methyl sites for hydroxylation is 1. The lowest BCUT2D eigenvalue weighted by Crippen LogP contribution is -2.24. The average molecular weight is 229 g/mol. The van der Waals surface area contributed by atoms with E-state index in [1.807, 2.05) is 0 Å². The highest BCUT2D eigenvalue weighted by Gasteiger charge is 2.14. The molecule has 17 heavy (non-hydrogen) atoms. The minimum Gasteiger partial charge on any atom is -0.460 e. The molecule has 1 aliphatic rings. The molecule has 0 aliphatic heterocycles. The van der Waals surface area contributed by atoms with Crippen molar-refractivity contribution in [3.63, 3.8) is 0 Å². The van der Waals surface area contributed by atoms with E-state index in [2.05, 4.69) is 36.5 Å². The number of benzene rings is 1. The van der Waals surface area contributed by atoms with Gasteiger partial charge < -0.3 is 9.73 Å². The molecule has 1 aromatic carbocycles. The summed E-state index contributed by atoms with van der Waals surface area (Å²) in [5, 5.41) is 4.80. The van der Waals surface area contributed by atoms with Crippen molar-refractivity contribution in [3.05, 3.63) is 35.6 Å². The SMILES string of the molecule is Cc1ccc2oc(CNC3CCCC3)cc2c1. The van der Waals surface area contributed by atoms with Gasteiger partial charge in [-0.3, -0.25) is 0 Å². The molecule has 1 N–H and O–H groups in total. The molecule has 1 aromatic heterocycles. The van der Waals surface area contributed by atoms with Gasteiger partial charge in [0.1, 0.15) is 11.3 Å². The van der Waals surface area contributed by atoms with Crippen LogP contribution in [0.2, 0.25) is 0 Å². The predicted octanol–water partition coefficient (Wildman–Crippen LogP) is 3.77. The van der Waals surface area contributed by atoms with Crippen LogP contribution in [-0.2, 0) is 6.54 Å². The average Bonchev–Trinajstić information content (AvgIpc) is 2.94. The molecule has 0 unspecified atom stereocenters. The summed E-state index contributed by atoms with van der Waals surface area (Å²) in [6.45, 7) is 2.97. The van der Waals surface area contributed by atoms with Crippen LogP contribution in [0.25, 0.3) is 11.0 Å². The summed E-state index contributed by atoms with van der Waals surface area (Å²) < 4.78 is 5.82. The largest absolute Gasteiger partial charge is 0.460 e. The summed E-state index contributed by atoms with van der Waals surface area (Å²) in [5.74, 6) is 1.05. The van der Waals surface area contributed by atoms with E-state index in [-0.39, 0.29) is 0 Å². The second-order valence-corrected chi connectivity index (χ2v) is 5.12. The van der Waals surface area contributed by atoms with E-state index < -0.39 is 0 Å². The fourth-order valence-electron chi connectivity index (χ4n) is 2.68. The molecule has 0 amide bonds. The van der Waals surface area contributed by atoms with Gasteiger partial charge in [0, 0.05) is 11.4 Å². The maximum atomic E-state index is 5.82. The monoisotopic (exact) mass is 229 g/mol. The van der Waals surface area contributed by atoms with Crippen molar-refractivity contribution >= 4 is 11.0 Å². The Balaban J connectivity index is 1.72. The van der Waals surface area contributed by atoms with E-state index in [9.17, 15) is 0 Å². The zero-order chi connectivity index (χ0) is 11.7. The zero-order valence-electron chi connectivity index (χ0n) is 10.3. The van der Waals surface area contributed by atoms with Crippen molar-refractivity contribution in [2.24, 2.45) is 0 Å². The molecule has 1 fully saturated rings. The van der Waals surface area contributed by atoms with Crippen molar-refractivity contribution in [1.82, 2.24) is 5.32 Å². The second kappa shape index (κ2) is 4.53. The highest BCUT2D eigenvalue weighted by atomic mass is 16.3. The first-order chi connectivity index (χ1) is 8.31. The van der Waals surface area contributed by atoms with Crippen molar-refractivity contribution in [2.75, 3.05) is 0 Å². The Kier molecular flexibility index (Phi) is 2.89. The van der Waals surface area contributed by atoms with Gasteiger partial charge in [-0.25, -0.2) is 0 Å². The Morgan fingerprint density at radius 1 is 1.24 bits per heavy atom. The highest BCUT2D eigenvalue weighted by Crippen LogP contribution is 2.22. The smallest absolute Gasteiger partial charge is 0.134 e. The summed E-state index contributed by atoms with van der Waals surface area (Å²) in [4.78, 5) is 0. The molecule has 1 heterocycles. The highest BCUT2D eigenvalue weighted by molar-refractivity contribution is 5.78. The fraction of sp³-hybridized carbons (Fsp3) is 0.467. The van der Waals surface area contributed by atoms with E-state index in [1.165, 1.54) is 36.6 Å². The molecule has 3 rings (SSSR count). The molecule has 0 atom stereocenters. The molecule has 1 aliphatic carbocycles. The van der Waals surface area contributed by atoms with Gasteiger partial charge in [0.05, 0.1) is 6.54 Å². The van der Waals surface area contributed by atoms with Gasteiger partial charge in [-0.05, 0) is 38.0 Å². The summed E-state index contributed by atoms with van der Waals surface area (Å²) in [6, 6.07) is 9.19. The summed E-state index contributed by atoms with van der Waals surface area (Å²) in [7, 11) is 0. The maximum absolute atomic E-state index is 5.82. The predicted molar refractivity (Wildman–Crippen MR) is 70.0 cm³/mol. The van der Waals surface area contributed by atoms with Crippen molar-refractivity contribution in [3.8, 4) is 0 Å². The lowest BCUT2D eigenvalue weighted by atomic mass is 10.2. The van der Waals surface area contributed by atoms with E-state index in [1.54, 1.807) is 0 Å². The Bertz CT molecular complexity index is 509. The number of nitrogens with one attached hydrogen (secondary N) is 1. The topological polar surface area (TPSA) is 25.2 Å².